The Kier molecular flexibility index (Phi) is 4.38. The largest absolute Gasteiger partial charge is 0.463 e. The molecule has 1 aromatic rings. The Hall–Kier alpha value is -1.63. The van der Waals surface area contributed by atoms with Gasteiger partial charge in [-0.25, -0.2) is 0 Å². The highest BCUT2D eigenvalue weighted by Gasteiger charge is 2.35. The summed E-state index contributed by atoms with van der Waals surface area (Å²) >= 11 is 0. The lowest BCUT2D eigenvalue weighted by Crippen LogP contribution is -2.42. The zero-order valence-corrected chi connectivity index (χ0v) is 12.6. The number of aromatic nitrogens is 3. The molecule has 0 amide bonds. The van der Waals surface area contributed by atoms with Gasteiger partial charge in [0.25, 0.3) is 0 Å². The van der Waals surface area contributed by atoms with E-state index in [1.807, 2.05) is 6.92 Å². The maximum atomic E-state index is 5.74. The smallest absolute Gasteiger partial charge is 0.323 e. The summed E-state index contributed by atoms with van der Waals surface area (Å²) in [6.45, 7) is 5.00. The fraction of sp³-hybridized carbons (Fsp3) is 0.786. The van der Waals surface area contributed by atoms with Crippen LogP contribution in [0.5, 0.6) is 6.01 Å². The van der Waals surface area contributed by atoms with Gasteiger partial charge in [-0.3, -0.25) is 4.90 Å². The van der Waals surface area contributed by atoms with Crippen molar-refractivity contribution in [3.05, 3.63) is 0 Å². The van der Waals surface area contributed by atoms with Crippen molar-refractivity contribution >= 4 is 11.9 Å². The molecule has 0 saturated carbocycles. The van der Waals surface area contributed by atoms with Gasteiger partial charge in [0.2, 0.25) is 11.9 Å². The molecule has 2 aliphatic heterocycles. The molecule has 3 rings (SSSR count). The van der Waals surface area contributed by atoms with Crippen molar-refractivity contribution in [3.63, 3.8) is 0 Å². The Labute approximate surface area is 125 Å². The SMILES string of the molecule is CCCOc1nc(N)nc(NC2CCN3CCCCC23)n1. The molecule has 2 unspecified atom stereocenters. The van der Waals surface area contributed by atoms with Crippen molar-refractivity contribution in [2.24, 2.45) is 0 Å². The second-order valence-corrected chi connectivity index (χ2v) is 5.79. The van der Waals surface area contributed by atoms with Crippen LogP contribution in [0.4, 0.5) is 11.9 Å². The van der Waals surface area contributed by atoms with Crippen LogP contribution in [0.25, 0.3) is 0 Å². The van der Waals surface area contributed by atoms with E-state index in [0.29, 0.717) is 30.6 Å². The summed E-state index contributed by atoms with van der Waals surface area (Å²) in [5, 5.41) is 3.43. The van der Waals surface area contributed by atoms with Crippen LogP contribution in [0.15, 0.2) is 0 Å². The monoisotopic (exact) mass is 292 g/mol. The summed E-state index contributed by atoms with van der Waals surface area (Å²) < 4.78 is 5.46. The maximum absolute atomic E-state index is 5.74. The summed E-state index contributed by atoms with van der Waals surface area (Å²) in [6.07, 6.45) is 5.91. The predicted molar refractivity (Wildman–Crippen MR) is 81.3 cm³/mol. The lowest BCUT2D eigenvalue weighted by molar-refractivity contribution is 0.192. The van der Waals surface area contributed by atoms with E-state index in [0.717, 1.165) is 19.4 Å². The second kappa shape index (κ2) is 6.43. The average Bonchev–Trinajstić information content (AvgIpc) is 2.88. The molecule has 116 valence electrons. The van der Waals surface area contributed by atoms with Crippen LogP contribution in [0.1, 0.15) is 39.0 Å². The van der Waals surface area contributed by atoms with Gasteiger partial charge in [-0.05, 0) is 32.2 Å². The van der Waals surface area contributed by atoms with Gasteiger partial charge in [0, 0.05) is 18.6 Å². The third kappa shape index (κ3) is 3.34. The van der Waals surface area contributed by atoms with Crippen LogP contribution in [-0.4, -0.2) is 51.6 Å². The Balaban J connectivity index is 1.68. The summed E-state index contributed by atoms with van der Waals surface area (Å²) in [5.41, 5.74) is 5.74. The molecule has 0 bridgehead atoms. The molecule has 7 nitrogen and oxygen atoms in total. The van der Waals surface area contributed by atoms with E-state index < -0.39 is 0 Å². The zero-order valence-electron chi connectivity index (χ0n) is 12.6. The molecule has 2 aliphatic rings. The molecular weight excluding hydrogens is 268 g/mol. The van der Waals surface area contributed by atoms with Crippen molar-refractivity contribution in [2.45, 2.75) is 51.1 Å². The van der Waals surface area contributed by atoms with E-state index in [9.17, 15) is 0 Å². The van der Waals surface area contributed by atoms with Gasteiger partial charge in [0.1, 0.15) is 0 Å². The molecule has 21 heavy (non-hydrogen) atoms. The van der Waals surface area contributed by atoms with Gasteiger partial charge >= 0.3 is 6.01 Å². The first-order valence-corrected chi connectivity index (χ1v) is 7.91. The van der Waals surface area contributed by atoms with E-state index >= 15 is 0 Å². The highest BCUT2D eigenvalue weighted by molar-refractivity contribution is 5.34. The molecule has 2 atom stereocenters. The molecule has 2 saturated heterocycles. The molecule has 0 aromatic carbocycles. The number of hydrogen-bond acceptors (Lipinski definition) is 7. The van der Waals surface area contributed by atoms with Crippen LogP contribution in [0.3, 0.4) is 0 Å². The quantitative estimate of drug-likeness (QED) is 0.845. The molecule has 0 aliphatic carbocycles. The van der Waals surface area contributed by atoms with Gasteiger partial charge in [-0.15, -0.1) is 0 Å². The number of anilines is 2. The van der Waals surface area contributed by atoms with Crippen molar-refractivity contribution in [2.75, 3.05) is 30.7 Å². The first kappa shape index (κ1) is 14.3. The molecule has 3 heterocycles. The first-order chi connectivity index (χ1) is 10.3. The first-order valence-electron chi connectivity index (χ1n) is 7.91. The minimum atomic E-state index is 0.206. The number of ether oxygens (including phenoxy) is 1. The van der Waals surface area contributed by atoms with Gasteiger partial charge in [-0.2, -0.15) is 15.0 Å². The van der Waals surface area contributed by atoms with Crippen molar-refractivity contribution in [1.29, 1.82) is 0 Å². The van der Waals surface area contributed by atoms with Crippen LogP contribution in [0, 0.1) is 0 Å². The fourth-order valence-corrected chi connectivity index (χ4v) is 3.28. The third-order valence-corrected chi connectivity index (χ3v) is 4.24. The zero-order chi connectivity index (χ0) is 14.7. The molecule has 0 radical (unpaired) electrons. The number of piperidine rings is 1. The van der Waals surface area contributed by atoms with Crippen molar-refractivity contribution in [1.82, 2.24) is 19.9 Å². The van der Waals surface area contributed by atoms with Crippen molar-refractivity contribution in [3.8, 4) is 6.01 Å². The number of hydrogen-bond donors (Lipinski definition) is 2. The highest BCUT2D eigenvalue weighted by Crippen LogP contribution is 2.28. The van der Waals surface area contributed by atoms with E-state index in [1.54, 1.807) is 0 Å². The Bertz CT molecular complexity index is 483. The van der Waals surface area contributed by atoms with Gasteiger partial charge in [-0.1, -0.05) is 13.3 Å². The lowest BCUT2D eigenvalue weighted by atomic mass is 9.99. The van der Waals surface area contributed by atoms with Crippen LogP contribution in [0.2, 0.25) is 0 Å². The van der Waals surface area contributed by atoms with E-state index in [-0.39, 0.29) is 5.95 Å². The third-order valence-electron chi connectivity index (χ3n) is 4.24. The number of nitrogen functional groups attached to an aromatic ring is 1. The fourth-order valence-electron chi connectivity index (χ4n) is 3.28. The molecule has 2 fully saturated rings. The van der Waals surface area contributed by atoms with Gasteiger partial charge < -0.3 is 15.8 Å². The van der Waals surface area contributed by atoms with Crippen LogP contribution >= 0.6 is 0 Å². The molecule has 7 heteroatoms. The number of nitrogens with one attached hydrogen (secondary N) is 1. The van der Waals surface area contributed by atoms with Gasteiger partial charge in [0.15, 0.2) is 0 Å². The van der Waals surface area contributed by atoms with Crippen molar-refractivity contribution < 1.29 is 4.74 Å². The normalized spacial score (nSPS) is 25.6. The van der Waals surface area contributed by atoms with E-state index in [4.69, 9.17) is 10.5 Å². The number of nitrogens with zero attached hydrogens (tertiary/aromatic N) is 4. The summed E-state index contributed by atoms with van der Waals surface area (Å²) in [7, 11) is 0. The maximum Gasteiger partial charge on any atom is 0.323 e. The highest BCUT2D eigenvalue weighted by atomic mass is 16.5. The summed E-state index contributed by atoms with van der Waals surface area (Å²) in [4.78, 5) is 15.1. The topological polar surface area (TPSA) is 89.2 Å². The van der Waals surface area contributed by atoms with Gasteiger partial charge in [0.05, 0.1) is 6.61 Å². The Morgan fingerprint density at radius 3 is 3.00 bits per heavy atom. The Morgan fingerprint density at radius 1 is 1.24 bits per heavy atom. The molecular formula is C14H24N6O. The predicted octanol–water partition coefficient (Wildman–Crippen LogP) is 1.28. The van der Waals surface area contributed by atoms with Crippen LogP contribution < -0.4 is 15.8 Å². The standard InChI is InChI=1S/C14H24N6O/c1-2-9-21-14-18-12(15)17-13(19-14)16-10-6-8-20-7-4-3-5-11(10)20/h10-11H,2-9H2,1H3,(H3,15,16,17,18,19). The average molecular weight is 292 g/mol. The van der Waals surface area contributed by atoms with E-state index in [2.05, 4.69) is 25.2 Å². The number of fused-ring (bicyclic) bond motifs is 1. The summed E-state index contributed by atoms with van der Waals surface area (Å²) in [5.74, 6) is 0.739. The Morgan fingerprint density at radius 2 is 2.14 bits per heavy atom. The lowest BCUT2D eigenvalue weighted by Gasteiger charge is -2.32. The van der Waals surface area contributed by atoms with Crippen LogP contribution in [-0.2, 0) is 0 Å². The number of rotatable bonds is 5. The minimum absolute atomic E-state index is 0.206. The second-order valence-electron chi connectivity index (χ2n) is 5.79. The number of nitrogens with two attached hydrogens (primary N) is 1. The molecule has 0 spiro atoms. The van der Waals surface area contributed by atoms with E-state index in [1.165, 1.54) is 25.8 Å². The minimum Gasteiger partial charge on any atom is -0.463 e. The summed E-state index contributed by atoms with van der Waals surface area (Å²) in [6, 6.07) is 1.30. The molecule has 3 N–H and O–H groups in total. The molecule has 1 aromatic heterocycles.